The Balaban J connectivity index is 1.83. The first-order chi connectivity index (χ1) is 13.0. The molecule has 0 radical (unpaired) electrons. The standard InChI is InChI=1S/C18H16N4O3S2/c23-17-14-7-1-2-8-15(14)20-18(26)22(17)12-5-3-6-13(11-12)27(24,25)21-16-9-4-10-19-16/h1-3,5-8,11H,4,9-10H2,(H,19,21)(H,20,26). The third-order valence-electron chi connectivity index (χ3n) is 4.32. The van der Waals surface area contributed by atoms with Gasteiger partial charge in [0.05, 0.1) is 21.5 Å². The normalized spacial score (nSPS) is 14.3. The zero-order valence-corrected chi connectivity index (χ0v) is 15.8. The molecule has 7 nitrogen and oxygen atoms in total. The zero-order valence-electron chi connectivity index (χ0n) is 14.2. The van der Waals surface area contributed by atoms with E-state index >= 15 is 0 Å². The predicted octanol–water partition coefficient (Wildman–Crippen LogP) is 2.52. The van der Waals surface area contributed by atoms with Crippen molar-refractivity contribution in [2.45, 2.75) is 17.7 Å². The van der Waals surface area contributed by atoms with Crippen LogP contribution in [0.15, 0.2) is 63.2 Å². The van der Waals surface area contributed by atoms with Crippen molar-refractivity contribution in [3.8, 4) is 5.69 Å². The summed E-state index contributed by atoms with van der Waals surface area (Å²) in [4.78, 5) is 20.1. The summed E-state index contributed by atoms with van der Waals surface area (Å²) in [6, 6.07) is 13.2. The van der Waals surface area contributed by atoms with E-state index in [-0.39, 0.29) is 15.2 Å². The monoisotopic (exact) mass is 400 g/mol. The van der Waals surface area contributed by atoms with Gasteiger partial charge in [-0.25, -0.2) is 8.42 Å². The van der Waals surface area contributed by atoms with Gasteiger partial charge in [0.15, 0.2) is 4.77 Å². The highest BCUT2D eigenvalue weighted by atomic mass is 32.2. The fourth-order valence-corrected chi connectivity index (χ4v) is 4.45. The van der Waals surface area contributed by atoms with Crippen molar-refractivity contribution in [1.82, 2.24) is 14.3 Å². The summed E-state index contributed by atoms with van der Waals surface area (Å²) in [7, 11) is -3.78. The van der Waals surface area contributed by atoms with Crippen LogP contribution < -0.4 is 10.3 Å². The molecule has 0 saturated heterocycles. The maximum Gasteiger partial charge on any atom is 0.266 e. The van der Waals surface area contributed by atoms with Crippen LogP contribution in [0.5, 0.6) is 0 Å². The number of amidine groups is 1. The molecular weight excluding hydrogens is 384 g/mol. The lowest BCUT2D eigenvalue weighted by atomic mass is 10.2. The molecule has 9 heteroatoms. The summed E-state index contributed by atoms with van der Waals surface area (Å²) in [5.74, 6) is 0.459. The predicted molar refractivity (Wildman–Crippen MR) is 107 cm³/mol. The van der Waals surface area contributed by atoms with Crippen LogP contribution in [0, 0.1) is 4.77 Å². The number of aromatic amines is 1. The number of nitrogens with one attached hydrogen (secondary N) is 2. The number of aliphatic imine (C=N–C) groups is 1. The maximum atomic E-state index is 12.9. The Morgan fingerprint density at radius 2 is 1.96 bits per heavy atom. The molecule has 0 aliphatic carbocycles. The Morgan fingerprint density at radius 1 is 1.15 bits per heavy atom. The number of benzene rings is 2. The summed E-state index contributed by atoms with van der Waals surface area (Å²) in [5.41, 5.74) is 0.703. The molecular formula is C18H16N4O3S2. The molecule has 2 N–H and O–H groups in total. The molecule has 2 aromatic carbocycles. The molecule has 0 atom stereocenters. The first-order valence-corrected chi connectivity index (χ1v) is 10.3. The number of hydrogen-bond donors (Lipinski definition) is 2. The van der Waals surface area contributed by atoms with E-state index in [1.165, 1.54) is 16.7 Å². The number of sulfonamides is 1. The number of rotatable bonds is 3. The smallest absolute Gasteiger partial charge is 0.266 e. The van der Waals surface area contributed by atoms with E-state index < -0.39 is 10.0 Å². The number of nitrogens with zero attached hydrogens (tertiary/aromatic N) is 2. The molecule has 138 valence electrons. The SMILES string of the molecule is O=c1c2ccccc2[nH]c(=S)n1-c1cccc(S(=O)(=O)NC2=NCCC2)c1. The van der Waals surface area contributed by atoms with Crippen LogP contribution in [-0.4, -0.2) is 30.3 Å². The Hall–Kier alpha value is -2.78. The van der Waals surface area contributed by atoms with Gasteiger partial charge in [0.2, 0.25) is 0 Å². The molecule has 4 rings (SSSR count). The Bertz CT molecular complexity index is 1290. The lowest BCUT2D eigenvalue weighted by Gasteiger charge is -2.11. The molecule has 0 saturated carbocycles. The van der Waals surface area contributed by atoms with Crippen molar-refractivity contribution in [1.29, 1.82) is 0 Å². The molecule has 2 heterocycles. The summed E-state index contributed by atoms with van der Waals surface area (Å²) in [6.45, 7) is 0.625. The second-order valence-corrected chi connectivity index (χ2v) is 8.22. The summed E-state index contributed by atoms with van der Waals surface area (Å²) < 4.78 is 29.3. The third kappa shape index (κ3) is 3.31. The van der Waals surface area contributed by atoms with Crippen LogP contribution in [0.2, 0.25) is 0 Å². The van der Waals surface area contributed by atoms with Crippen molar-refractivity contribution < 1.29 is 8.42 Å². The van der Waals surface area contributed by atoms with Crippen LogP contribution in [0.3, 0.4) is 0 Å². The average Bonchev–Trinajstić information content (AvgIpc) is 3.14. The van der Waals surface area contributed by atoms with Gasteiger partial charge in [-0.05, 0) is 49.0 Å². The lowest BCUT2D eigenvalue weighted by Crippen LogP contribution is -2.29. The fraction of sp³-hybridized carbons (Fsp3) is 0.167. The van der Waals surface area contributed by atoms with Crippen molar-refractivity contribution in [2.75, 3.05) is 6.54 Å². The van der Waals surface area contributed by atoms with Crippen LogP contribution in [0.25, 0.3) is 16.6 Å². The van der Waals surface area contributed by atoms with Gasteiger partial charge in [-0.15, -0.1) is 0 Å². The van der Waals surface area contributed by atoms with E-state index in [1.54, 1.807) is 30.3 Å². The Labute approximate surface area is 160 Å². The van der Waals surface area contributed by atoms with Gasteiger partial charge in [0.1, 0.15) is 5.84 Å². The van der Waals surface area contributed by atoms with E-state index in [1.807, 2.05) is 6.07 Å². The van der Waals surface area contributed by atoms with Gasteiger partial charge in [-0.2, -0.15) is 0 Å². The molecule has 0 spiro atoms. The van der Waals surface area contributed by atoms with Gasteiger partial charge < -0.3 is 4.98 Å². The highest BCUT2D eigenvalue weighted by molar-refractivity contribution is 7.90. The summed E-state index contributed by atoms with van der Waals surface area (Å²) >= 11 is 5.32. The lowest BCUT2D eigenvalue weighted by molar-refractivity contribution is 0.592. The molecule has 0 bridgehead atoms. The van der Waals surface area contributed by atoms with Gasteiger partial charge >= 0.3 is 0 Å². The molecule has 1 aliphatic rings. The number of aromatic nitrogens is 2. The highest BCUT2D eigenvalue weighted by Crippen LogP contribution is 2.16. The largest absolute Gasteiger partial charge is 0.331 e. The highest BCUT2D eigenvalue weighted by Gasteiger charge is 2.19. The van der Waals surface area contributed by atoms with Crippen molar-refractivity contribution in [3.05, 3.63) is 63.7 Å². The van der Waals surface area contributed by atoms with Gasteiger partial charge in [0, 0.05) is 13.0 Å². The number of fused-ring (bicyclic) bond motifs is 1. The van der Waals surface area contributed by atoms with E-state index in [9.17, 15) is 13.2 Å². The molecule has 27 heavy (non-hydrogen) atoms. The van der Waals surface area contributed by atoms with Gasteiger partial charge in [0.25, 0.3) is 15.6 Å². The molecule has 1 aliphatic heterocycles. The van der Waals surface area contributed by atoms with Gasteiger partial charge in [-0.3, -0.25) is 19.1 Å². The van der Waals surface area contributed by atoms with Crippen LogP contribution in [0.4, 0.5) is 0 Å². The minimum absolute atomic E-state index is 0.0454. The minimum atomic E-state index is -3.78. The van der Waals surface area contributed by atoms with E-state index in [0.717, 1.165) is 6.42 Å². The molecule has 1 aromatic heterocycles. The fourth-order valence-electron chi connectivity index (χ4n) is 3.02. The maximum absolute atomic E-state index is 12.9. The minimum Gasteiger partial charge on any atom is -0.331 e. The van der Waals surface area contributed by atoms with Crippen molar-refractivity contribution >= 4 is 39.0 Å². The molecule has 0 amide bonds. The third-order valence-corrected chi connectivity index (χ3v) is 5.98. The molecule has 3 aromatic rings. The second kappa shape index (κ2) is 6.75. The quantitative estimate of drug-likeness (QED) is 0.660. The Kier molecular flexibility index (Phi) is 4.40. The number of para-hydroxylation sites is 1. The summed E-state index contributed by atoms with van der Waals surface area (Å²) in [6.07, 6.45) is 1.44. The van der Waals surface area contributed by atoms with Crippen molar-refractivity contribution in [3.63, 3.8) is 0 Å². The average molecular weight is 400 g/mol. The zero-order chi connectivity index (χ0) is 19.0. The van der Waals surface area contributed by atoms with Crippen LogP contribution in [-0.2, 0) is 10.0 Å². The van der Waals surface area contributed by atoms with Gasteiger partial charge in [-0.1, -0.05) is 18.2 Å². The van der Waals surface area contributed by atoms with E-state index in [0.29, 0.717) is 35.4 Å². The molecule has 0 fully saturated rings. The number of hydrogen-bond acceptors (Lipinski definition) is 5. The number of H-pyrrole nitrogens is 1. The Morgan fingerprint density at radius 3 is 2.74 bits per heavy atom. The first-order valence-electron chi connectivity index (χ1n) is 8.36. The second-order valence-electron chi connectivity index (χ2n) is 6.15. The molecule has 0 unspecified atom stereocenters. The first kappa shape index (κ1) is 17.6. The van der Waals surface area contributed by atoms with Crippen LogP contribution >= 0.6 is 12.2 Å². The van der Waals surface area contributed by atoms with Crippen LogP contribution in [0.1, 0.15) is 12.8 Å². The van der Waals surface area contributed by atoms with Crippen molar-refractivity contribution in [2.24, 2.45) is 4.99 Å². The van der Waals surface area contributed by atoms with E-state index in [2.05, 4.69) is 14.7 Å². The topological polar surface area (TPSA) is 96.3 Å². The van der Waals surface area contributed by atoms with E-state index in [4.69, 9.17) is 12.2 Å². The summed E-state index contributed by atoms with van der Waals surface area (Å²) in [5, 5.41) is 0.470.